The maximum atomic E-state index is 12.2. The first kappa shape index (κ1) is 21.2. The lowest BCUT2D eigenvalue weighted by Crippen LogP contribution is -2.44. The van der Waals surface area contributed by atoms with E-state index in [9.17, 15) is 4.79 Å². The summed E-state index contributed by atoms with van der Waals surface area (Å²) in [5.41, 5.74) is 6.08. The van der Waals surface area contributed by atoms with Crippen LogP contribution in [0.2, 0.25) is 0 Å². The average molecular weight is 423 g/mol. The van der Waals surface area contributed by atoms with Crippen molar-refractivity contribution >= 4 is 5.97 Å². The average Bonchev–Trinajstić information content (AvgIpc) is 3.10. The maximum absolute atomic E-state index is 12.2. The number of carbonyl (C=O) groups excluding carboxylic acids is 1. The molecule has 6 atom stereocenters. The number of fused-ring (bicyclic) bond motifs is 5. The Morgan fingerprint density at radius 3 is 2.90 bits per heavy atom. The molecule has 4 aliphatic rings. The van der Waals surface area contributed by atoms with E-state index in [0.29, 0.717) is 30.5 Å². The number of allylic oxidation sites excluding steroid dienone is 1. The molecule has 168 valence electrons. The van der Waals surface area contributed by atoms with E-state index in [-0.39, 0.29) is 11.4 Å². The number of benzene rings is 1. The van der Waals surface area contributed by atoms with Gasteiger partial charge in [0.25, 0.3) is 0 Å². The van der Waals surface area contributed by atoms with E-state index in [2.05, 4.69) is 32.0 Å². The van der Waals surface area contributed by atoms with Crippen LogP contribution in [0.5, 0.6) is 0 Å². The Hall–Kier alpha value is -1.61. The first-order chi connectivity index (χ1) is 15.0. The molecule has 1 heterocycles. The molecule has 5 rings (SSSR count). The monoisotopic (exact) mass is 422 g/mol. The van der Waals surface area contributed by atoms with Gasteiger partial charge < -0.3 is 9.47 Å². The third-order valence-corrected chi connectivity index (χ3v) is 9.08. The molecule has 0 aromatic heterocycles. The van der Waals surface area contributed by atoms with Crippen molar-refractivity contribution in [1.82, 2.24) is 0 Å². The molecule has 3 aliphatic carbocycles. The molecule has 31 heavy (non-hydrogen) atoms. The quantitative estimate of drug-likeness (QED) is 0.411. The molecule has 5 unspecified atom stereocenters. The highest BCUT2D eigenvalue weighted by Crippen LogP contribution is 2.63. The second kappa shape index (κ2) is 8.39. The second-order valence-corrected chi connectivity index (χ2v) is 10.7. The fourth-order valence-electron chi connectivity index (χ4n) is 7.61. The number of esters is 1. The SMILES string of the molecule is CCOC(=O)C=C1CCC2C3C(CCC12C)c1ccc(C2CCCCO2)cc1C[C@H]3C. The molecular formula is C28H38O3. The summed E-state index contributed by atoms with van der Waals surface area (Å²) in [4.78, 5) is 12.2. The zero-order valence-corrected chi connectivity index (χ0v) is 19.5. The molecule has 0 bridgehead atoms. The predicted octanol–water partition coefficient (Wildman–Crippen LogP) is 6.52. The lowest BCUT2D eigenvalue weighted by Gasteiger charge is -2.52. The number of hydrogen-bond acceptors (Lipinski definition) is 3. The van der Waals surface area contributed by atoms with Crippen molar-refractivity contribution in [2.24, 2.45) is 23.2 Å². The van der Waals surface area contributed by atoms with Gasteiger partial charge in [-0.25, -0.2) is 4.79 Å². The van der Waals surface area contributed by atoms with Gasteiger partial charge in [0.1, 0.15) is 0 Å². The van der Waals surface area contributed by atoms with Gasteiger partial charge in [0.05, 0.1) is 12.7 Å². The molecule has 2 saturated carbocycles. The minimum Gasteiger partial charge on any atom is -0.463 e. The van der Waals surface area contributed by atoms with Crippen LogP contribution >= 0.6 is 0 Å². The van der Waals surface area contributed by atoms with Crippen molar-refractivity contribution in [3.8, 4) is 0 Å². The Labute approximate surface area is 187 Å². The molecule has 3 fully saturated rings. The van der Waals surface area contributed by atoms with Gasteiger partial charge in [0, 0.05) is 12.7 Å². The third kappa shape index (κ3) is 3.67. The van der Waals surface area contributed by atoms with Gasteiger partial charge in [-0.2, -0.15) is 0 Å². The fraction of sp³-hybridized carbons (Fsp3) is 0.679. The van der Waals surface area contributed by atoms with Gasteiger partial charge in [0.2, 0.25) is 0 Å². The van der Waals surface area contributed by atoms with E-state index in [1.54, 1.807) is 11.1 Å². The van der Waals surface area contributed by atoms with Gasteiger partial charge in [-0.15, -0.1) is 0 Å². The largest absolute Gasteiger partial charge is 0.463 e. The maximum Gasteiger partial charge on any atom is 0.330 e. The summed E-state index contributed by atoms with van der Waals surface area (Å²) in [6.45, 7) is 8.15. The minimum atomic E-state index is -0.152. The van der Waals surface area contributed by atoms with E-state index >= 15 is 0 Å². The van der Waals surface area contributed by atoms with E-state index < -0.39 is 0 Å². The summed E-state index contributed by atoms with van der Waals surface area (Å²) in [5.74, 6) is 2.60. The Morgan fingerprint density at radius 2 is 2.13 bits per heavy atom. The highest BCUT2D eigenvalue weighted by molar-refractivity contribution is 5.83. The molecule has 0 N–H and O–H groups in total. The zero-order chi connectivity index (χ0) is 21.6. The summed E-state index contributed by atoms with van der Waals surface area (Å²) in [5, 5.41) is 0. The van der Waals surface area contributed by atoms with Gasteiger partial charge in [-0.05, 0) is 104 Å². The summed E-state index contributed by atoms with van der Waals surface area (Å²) in [7, 11) is 0. The Kier molecular flexibility index (Phi) is 5.75. The van der Waals surface area contributed by atoms with Crippen LogP contribution in [0, 0.1) is 23.2 Å². The fourth-order valence-corrected chi connectivity index (χ4v) is 7.61. The molecule has 0 radical (unpaired) electrons. The standard InChI is InChI=1S/C28H38O3/c1-4-30-26(29)17-21-9-11-24-27-18(2)15-20-16-19(25-7-5-6-14-31-25)8-10-22(20)23(27)12-13-28(21,24)3/h8,10,16-18,23-25,27H,4-7,9,11-15H2,1-3H3/t18-,23?,24?,25?,27?,28?/m1/s1. The van der Waals surface area contributed by atoms with Crippen LogP contribution in [0.3, 0.4) is 0 Å². The van der Waals surface area contributed by atoms with E-state index in [1.807, 2.05) is 13.0 Å². The first-order valence-electron chi connectivity index (χ1n) is 12.6. The minimum absolute atomic E-state index is 0.152. The van der Waals surface area contributed by atoms with Crippen molar-refractivity contribution in [1.29, 1.82) is 0 Å². The lowest BCUT2D eigenvalue weighted by molar-refractivity contribution is -0.137. The second-order valence-electron chi connectivity index (χ2n) is 10.7. The number of rotatable bonds is 3. The summed E-state index contributed by atoms with van der Waals surface area (Å²) in [6, 6.07) is 7.28. The zero-order valence-electron chi connectivity index (χ0n) is 19.5. The van der Waals surface area contributed by atoms with Gasteiger partial charge in [0.15, 0.2) is 0 Å². The van der Waals surface area contributed by atoms with Crippen LogP contribution in [0.15, 0.2) is 29.8 Å². The van der Waals surface area contributed by atoms with Crippen molar-refractivity contribution in [3.63, 3.8) is 0 Å². The van der Waals surface area contributed by atoms with Crippen molar-refractivity contribution in [2.75, 3.05) is 13.2 Å². The van der Waals surface area contributed by atoms with Gasteiger partial charge in [-0.3, -0.25) is 0 Å². The molecule has 3 nitrogen and oxygen atoms in total. The smallest absolute Gasteiger partial charge is 0.330 e. The molecule has 3 heteroatoms. The Balaban J connectivity index is 1.41. The predicted molar refractivity (Wildman–Crippen MR) is 123 cm³/mol. The normalized spacial score (nSPS) is 38.3. The molecule has 0 spiro atoms. The highest BCUT2D eigenvalue weighted by atomic mass is 16.5. The van der Waals surface area contributed by atoms with Crippen molar-refractivity contribution in [3.05, 3.63) is 46.5 Å². The summed E-state index contributed by atoms with van der Waals surface area (Å²) >= 11 is 0. The van der Waals surface area contributed by atoms with Crippen LogP contribution in [-0.4, -0.2) is 19.2 Å². The van der Waals surface area contributed by atoms with Crippen molar-refractivity contribution < 1.29 is 14.3 Å². The summed E-state index contributed by atoms with van der Waals surface area (Å²) < 4.78 is 11.3. The van der Waals surface area contributed by atoms with Crippen LogP contribution in [-0.2, 0) is 20.7 Å². The molecule has 0 amide bonds. The van der Waals surface area contributed by atoms with Crippen molar-refractivity contribution in [2.45, 2.75) is 84.2 Å². The number of hydrogen-bond donors (Lipinski definition) is 0. The van der Waals surface area contributed by atoms with Crippen LogP contribution in [0.25, 0.3) is 0 Å². The summed E-state index contributed by atoms with van der Waals surface area (Å²) in [6.07, 6.45) is 11.7. The van der Waals surface area contributed by atoms with Crippen LogP contribution in [0.4, 0.5) is 0 Å². The number of ether oxygens (including phenoxy) is 2. The van der Waals surface area contributed by atoms with E-state index in [1.165, 1.54) is 49.7 Å². The molecule has 1 aromatic carbocycles. The molecule has 1 saturated heterocycles. The third-order valence-electron chi connectivity index (χ3n) is 9.08. The molecular weight excluding hydrogens is 384 g/mol. The lowest BCUT2D eigenvalue weighted by atomic mass is 9.52. The topological polar surface area (TPSA) is 35.5 Å². The van der Waals surface area contributed by atoms with Gasteiger partial charge >= 0.3 is 5.97 Å². The molecule has 1 aromatic rings. The highest BCUT2D eigenvalue weighted by Gasteiger charge is 2.54. The first-order valence-corrected chi connectivity index (χ1v) is 12.6. The van der Waals surface area contributed by atoms with Crippen LogP contribution < -0.4 is 0 Å². The van der Waals surface area contributed by atoms with Gasteiger partial charge in [-0.1, -0.05) is 37.6 Å². The Morgan fingerprint density at radius 1 is 1.26 bits per heavy atom. The number of carbonyl (C=O) groups is 1. The molecule has 1 aliphatic heterocycles. The van der Waals surface area contributed by atoms with Crippen LogP contribution in [0.1, 0.15) is 94.4 Å². The van der Waals surface area contributed by atoms with E-state index in [0.717, 1.165) is 25.4 Å². The van der Waals surface area contributed by atoms with E-state index in [4.69, 9.17) is 9.47 Å². The Bertz CT molecular complexity index is 865.